The van der Waals surface area contributed by atoms with Gasteiger partial charge in [-0.15, -0.1) is 0 Å². The van der Waals surface area contributed by atoms with Gasteiger partial charge < -0.3 is 4.74 Å². The first-order valence-corrected chi connectivity index (χ1v) is 7.81. The molecule has 2 rings (SSSR count). The smallest absolute Gasteiger partial charge is 0.410 e. The van der Waals surface area contributed by atoms with E-state index in [4.69, 9.17) is 4.74 Å². The van der Waals surface area contributed by atoms with E-state index in [1.54, 1.807) is 20.8 Å². The van der Waals surface area contributed by atoms with Crippen LogP contribution in [0.15, 0.2) is 30.3 Å². The molecular formula is C17H24N2O4. The minimum absolute atomic E-state index is 0.166. The minimum atomic E-state index is -0.709. The highest BCUT2D eigenvalue weighted by atomic mass is 16.6. The zero-order valence-electron chi connectivity index (χ0n) is 13.9. The molecule has 0 bridgehead atoms. The van der Waals surface area contributed by atoms with E-state index in [-0.39, 0.29) is 6.61 Å². The highest BCUT2D eigenvalue weighted by Crippen LogP contribution is 2.23. The maximum Gasteiger partial charge on any atom is 0.410 e. The van der Waals surface area contributed by atoms with Gasteiger partial charge in [-0.25, -0.2) is 9.86 Å². The van der Waals surface area contributed by atoms with E-state index in [1.165, 1.54) is 4.90 Å². The van der Waals surface area contributed by atoms with Crippen LogP contribution in [0.4, 0.5) is 4.79 Å². The van der Waals surface area contributed by atoms with Crippen LogP contribution in [-0.4, -0.2) is 45.3 Å². The normalized spacial score (nSPS) is 17.9. The maximum atomic E-state index is 12.4. The molecule has 1 N–H and O–H groups in total. The van der Waals surface area contributed by atoms with Gasteiger partial charge in [0.25, 0.3) is 5.91 Å². The van der Waals surface area contributed by atoms with E-state index in [9.17, 15) is 14.8 Å². The summed E-state index contributed by atoms with van der Waals surface area (Å²) >= 11 is 0. The second kappa shape index (κ2) is 7.00. The summed E-state index contributed by atoms with van der Waals surface area (Å²) in [4.78, 5) is 26.1. The van der Waals surface area contributed by atoms with Crippen LogP contribution in [0.25, 0.3) is 0 Å². The van der Waals surface area contributed by atoms with E-state index >= 15 is 0 Å². The molecule has 0 aliphatic carbocycles. The van der Waals surface area contributed by atoms with E-state index in [1.807, 2.05) is 30.3 Å². The van der Waals surface area contributed by atoms with Crippen molar-refractivity contribution in [2.75, 3.05) is 6.54 Å². The molecule has 6 nitrogen and oxygen atoms in total. The van der Waals surface area contributed by atoms with Crippen LogP contribution >= 0.6 is 0 Å². The molecule has 1 heterocycles. The summed E-state index contributed by atoms with van der Waals surface area (Å²) in [6, 6.07) is 8.71. The lowest BCUT2D eigenvalue weighted by molar-refractivity contribution is -0.191. The third kappa shape index (κ3) is 4.22. The Hall–Kier alpha value is -2.08. The van der Waals surface area contributed by atoms with Gasteiger partial charge in [-0.2, -0.15) is 0 Å². The highest BCUT2D eigenvalue weighted by Gasteiger charge is 2.40. The molecule has 6 heteroatoms. The molecule has 23 heavy (non-hydrogen) atoms. The van der Waals surface area contributed by atoms with Gasteiger partial charge in [-0.3, -0.25) is 14.9 Å². The second-order valence-corrected chi connectivity index (χ2v) is 6.71. The van der Waals surface area contributed by atoms with Crippen LogP contribution < -0.4 is 0 Å². The van der Waals surface area contributed by atoms with Crippen LogP contribution in [0, 0.1) is 0 Å². The number of likely N-dealkylation sites (tertiary alicyclic amines) is 1. The van der Waals surface area contributed by atoms with E-state index < -0.39 is 23.6 Å². The molecule has 1 aliphatic rings. The molecule has 126 valence electrons. The van der Waals surface area contributed by atoms with Gasteiger partial charge in [-0.05, 0) is 39.2 Å². The van der Waals surface area contributed by atoms with Crippen LogP contribution in [0.5, 0.6) is 0 Å². The summed E-state index contributed by atoms with van der Waals surface area (Å²) < 4.78 is 5.29. The topological polar surface area (TPSA) is 70.1 Å². The van der Waals surface area contributed by atoms with Gasteiger partial charge in [0.1, 0.15) is 12.6 Å². The summed E-state index contributed by atoms with van der Waals surface area (Å²) in [7, 11) is 0. The lowest BCUT2D eigenvalue weighted by atomic mass is 10.1. The van der Waals surface area contributed by atoms with Crippen molar-refractivity contribution < 1.29 is 19.5 Å². The Balaban J connectivity index is 1.98. The fourth-order valence-corrected chi connectivity index (χ4v) is 2.52. The number of carbonyl (C=O) groups is 2. The zero-order chi connectivity index (χ0) is 17.0. The molecule has 1 aromatic rings. The van der Waals surface area contributed by atoms with Crippen molar-refractivity contribution in [1.82, 2.24) is 9.96 Å². The number of benzene rings is 1. The molecule has 1 atom stereocenters. The standard InChI is InChI=1S/C17H24N2O4/c1-17(2,3)19(22)15(20)14-10-7-11-18(14)16(21)23-12-13-8-5-4-6-9-13/h4-6,8-9,14,22H,7,10-12H2,1-3H3/t14-/m0/s1. The minimum Gasteiger partial charge on any atom is -0.445 e. The molecule has 1 saturated heterocycles. The van der Waals surface area contributed by atoms with Crippen molar-refractivity contribution in [2.45, 2.75) is 51.8 Å². The number of hydroxylamine groups is 2. The molecule has 0 radical (unpaired) electrons. The van der Waals surface area contributed by atoms with Crippen molar-refractivity contribution >= 4 is 12.0 Å². The quantitative estimate of drug-likeness (QED) is 0.687. The Bertz CT molecular complexity index is 553. The Kier molecular flexibility index (Phi) is 5.26. The number of ether oxygens (including phenoxy) is 1. The Morgan fingerprint density at radius 1 is 1.30 bits per heavy atom. The number of rotatable bonds is 3. The van der Waals surface area contributed by atoms with Crippen LogP contribution in [0.3, 0.4) is 0 Å². The summed E-state index contributed by atoms with van der Waals surface area (Å²) in [5, 5.41) is 10.7. The average Bonchev–Trinajstić information content (AvgIpc) is 3.01. The molecule has 1 aromatic carbocycles. The Morgan fingerprint density at radius 3 is 2.57 bits per heavy atom. The zero-order valence-corrected chi connectivity index (χ0v) is 13.9. The predicted octanol–water partition coefficient (Wildman–Crippen LogP) is 2.80. The Labute approximate surface area is 136 Å². The number of carbonyl (C=O) groups excluding carboxylic acids is 2. The van der Waals surface area contributed by atoms with E-state index in [2.05, 4.69) is 0 Å². The number of amides is 2. The lowest BCUT2D eigenvalue weighted by Gasteiger charge is -2.33. The van der Waals surface area contributed by atoms with Gasteiger partial charge in [0.2, 0.25) is 0 Å². The van der Waals surface area contributed by atoms with Crippen molar-refractivity contribution in [2.24, 2.45) is 0 Å². The van der Waals surface area contributed by atoms with Gasteiger partial charge in [0, 0.05) is 6.54 Å². The summed E-state index contributed by atoms with van der Waals surface area (Å²) in [6.07, 6.45) is 0.730. The lowest BCUT2D eigenvalue weighted by Crippen LogP contribution is -2.52. The predicted molar refractivity (Wildman–Crippen MR) is 84.7 cm³/mol. The number of hydrogen-bond donors (Lipinski definition) is 1. The first kappa shape index (κ1) is 17.3. The summed E-state index contributed by atoms with van der Waals surface area (Å²) in [5.41, 5.74) is 0.181. The SMILES string of the molecule is CC(C)(C)N(O)C(=O)[C@@H]1CCCN1C(=O)OCc1ccccc1. The molecule has 0 unspecified atom stereocenters. The third-order valence-corrected chi connectivity index (χ3v) is 3.82. The molecule has 0 saturated carbocycles. The van der Waals surface area contributed by atoms with Gasteiger partial charge in [0.05, 0.1) is 5.54 Å². The fraction of sp³-hybridized carbons (Fsp3) is 0.529. The Morgan fingerprint density at radius 2 is 1.96 bits per heavy atom. The molecule has 1 aliphatic heterocycles. The second-order valence-electron chi connectivity index (χ2n) is 6.71. The van der Waals surface area contributed by atoms with Crippen LogP contribution in [0.1, 0.15) is 39.2 Å². The highest BCUT2D eigenvalue weighted by molar-refractivity contribution is 5.86. The van der Waals surface area contributed by atoms with Crippen LogP contribution in [0.2, 0.25) is 0 Å². The average molecular weight is 320 g/mol. The van der Waals surface area contributed by atoms with Gasteiger partial charge in [-0.1, -0.05) is 30.3 Å². The molecule has 0 aromatic heterocycles. The van der Waals surface area contributed by atoms with Crippen molar-refractivity contribution in [3.05, 3.63) is 35.9 Å². The summed E-state index contributed by atoms with van der Waals surface area (Å²) in [5.74, 6) is -0.466. The first-order valence-electron chi connectivity index (χ1n) is 7.81. The number of nitrogens with zero attached hydrogens (tertiary/aromatic N) is 2. The van der Waals surface area contributed by atoms with Gasteiger partial charge >= 0.3 is 6.09 Å². The third-order valence-electron chi connectivity index (χ3n) is 3.82. The molecule has 1 fully saturated rings. The first-order chi connectivity index (χ1) is 10.8. The van der Waals surface area contributed by atoms with Crippen LogP contribution in [-0.2, 0) is 16.1 Å². The monoisotopic (exact) mass is 320 g/mol. The largest absolute Gasteiger partial charge is 0.445 e. The molecular weight excluding hydrogens is 296 g/mol. The van der Waals surface area contributed by atoms with Crippen molar-refractivity contribution in [3.63, 3.8) is 0 Å². The summed E-state index contributed by atoms with van der Waals surface area (Å²) in [6.45, 7) is 5.83. The van der Waals surface area contributed by atoms with E-state index in [0.717, 1.165) is 12.0 Å². The van der Waals surface area contributed by atoms with E-state index in [0.29, 0.717) is 18.0 Å². The van der Waals surface area contributed by atoms with Crippen molar-refractivity contribution in [1.29, 1.82) is 0 Å². The number of hydrogen-bond acceptors (Lipinski definition) is 4. The molecule has 0 spiro atoms. The molecule has 2 amide bonds. The fourth-order valence-electron chi connectivity index (χ4n) is 2.52. The van der Waals surface area contributed by atoms with Crippen molar-refractivity contribution in [3.8, 4) is 0 Å². The maximum absolute atomic E-state index is 12.4. The van der Waals surface area contributed by atoms with Gasteiger partial charge in [0.15, 0.2) is 0 Å².